The number of aromatic nitrogens is 3. The Morgan fingerprint density at radius 2 is 2.12 bits per heavy atom. The van der Waals surface area contributed by atoms with Gasteiger partial charge in [0.1, 0.15) is 5.82 Å². The van der Waals surface area contributed by atoms with E-state index < -0.39 is 0 Å². The Morgan fingerprint density at radius 1 is 1.29 bits per heavy atom. The van der Waals surface area contributed by atoms with Gasteiger partial charge in [0.05, 0.1) is 0 Å². The van der Waals surface area contributed by atoms with Crippen molar-refractivity contribution in [2.75, 3.05) is 19.8 Å². The molecule has 1 fully saturated rings. The van der Waals surface area contributed by atoms with E-state index in [1.807, 2.05) is 4.68 Å². The molecular weight excluding hydrogens is 218 g/mol. The van der Waals surface area contributed by atoms with Crippen molar-refractivity contribution < 1.29 is 9.84 Å². The molecule has 0 amide bonds. The van der Waals surface area contributed by atoms with Gasteiger partial charge in [-0.05, 0) is 25.2 Å². The first-order valence-corrected chi connectivity index (χ1v) is 6.49. The molecule has 17 heavy (non-hydrogen) atoms. The Balaban J connectivity index is 1.77. The van der Waals surface area contributed by atoms with Crippen LogP contribution >= 0.6 is 0 Å². The molecule has 1 atom stereocenters. The van der Waals surface area contributed by atoms with Crippen molar-refractivity contribution in [3.05, 3.63) is 11.6 Å². The minimum Gasteiger partial charge on any atom is -0.396 e. The van der Waals surface area contributed by atoms with Crippen molar-refractivity contribution in [3.63, 3.8) is 0 Å². The molecule has 0 spiro atoms. The largest absolute Gasteiger partial charge is 0.396 e. The number of hydrogen-bond acceptors (Lipinski definition) is 4. The molecule has 1 saturated heterocycles. The van der Waals surface area contributed by atoms with Crippen LogP contribution in [0.5, 0.6) is 0 Å². The van der Waals surface area contributed by atoms with Crippen LogP contribution in [0.3, 0.4) is 0 Å². The van der Waals surface area contributed by atoms with Crippen LogP contribution in [0.4, 0.5) is 0 Å². The number of hydrogen-bond donors (Lipinski definition) is 1. The van der Waals surface area contributed by atoms with E-state index >= 15 is 0 Å². The van der Waals surface area contributed by atoms with Crippen molar-refractivity contribution in [2.45, 2.75) is 38.1 Å². The Bertz CT molecular complexity index is 385. The van der Waals surface area contributed by atoms with E-state index in [0.29, 0.717) is 11.8 Å². The lowest BCUT2D eigenvalue weighted by Gasteiger charge is -2.19. The molecule has 1 aromatic rings. The van der Waals surface area contributed by atoms with Crippen LogP contribution < -0.4 is 0 Å². The van der Waals surface area contributed by atoms with Gasteiger partial charge in [-0.1, -0.05) is 0 Å². The lowest BCUT2D eigenvalue weighted by atomic mass is 9.99. The van der Waals surface area contributed by atoms with Crippen LogP contribution in [-0.4, -0.2) is 39.7 Å². The maximum absolute atomic E-state index is 9.20. The van der Waals surface area contributed by atoms with Crippen molar-refractivity contribution in [1.82, 2.24) is 14.8 Å². The third-order valence-electron chi connectivity index (χ3n) is 3.83. The van der Waals surface area contributed by atoms with E-state index in [1.165, 1.54) is 0 Å². The molecule has 0 aliphatic carbocycles. The van der Waals surface area contributed by atoms with Gasteiger partial charge in [-0.25, -0.2) is 9.67 Å². The molecule has 2 aliphatic rings. The zero-order chi connectivity index (χ0) is 11.7. The third-order valence-corrected chi connectivity index (χ3v) is 3.83. The molecule has 0 radical (unpaired) electrons. The van der Waals surface area contributed by atoms with Gasteiger partial charge in [0.25, 0.3) is 0 Å². The second-order valence-electron chi connectivity index (χ2n) is 5.04. The standard InChI is InChI=1S/C12H19N3O2/c16-8-9-1-4-15-11(7-9)13-12(14-15)10-2-5-17-6-3-10/h9-10,16H,1-8H2. The van der Waals surface area contributed by atoms with Gasteiger partial charge in [0.15, 0.2) is 5.82 Å². The smallest absolute Gasteiger partial charge is 0.154 e. The number of aliphatic hydroxyl groups excluding tert-OH is 1. The summed E-state index contributed by atoms with van der Waals surface area (Å²) in [5.41, 5.74) is 0. The number of aryl methyl sites for hydroxylation is 1. The number of ether oxygens (including phenoxy) is 1. The molecule has 94 valence electrons. The monoisotopic (exact) mass is 237 g/mol. The van der Waals surface area contributed by atoms with E-state index in [9.17, 15) is 5.11 Å². The molecule has 0 saturated carbocycles. The summed E-state index contributed by atoms with van der Waals surface area (Å²) in [4.78, 5) is 4.66. The zero-order valence-electron chi connectivity index (χ0n) is 10.0. The highest BCUT2D eigenvalue weighted by atomic mass is 16.5. The fourth-order valence-corrected chi connectivity index (χ4v) is 2.67. The van der Waals surface area contributed by atoms with Crippen LogP contribution in [0.25, 0.3) is 0 Å². The van der Waals surface area contributed by atoms with Crippen LogP contribution in [0.2, 0.25) is 0 Å². The van der Waals surface area contributed by atoms with Crippen molar-refractivity contribution in [1.29, 1.82) is 0 Å². The zero-order valence-corrected chi connectivity index (χ0v) is 10.0. The van der Waals surface area contributed by atoms with Crippen LogP contribution in [0, 0.1) is 5.92 Å². The minimum atomic E-state index is 0.263. The fraction of sp³-hybridized carbons (Fsp3) is 0.833. The maximum Gasteiger partial charge on any atom is 0.154 e. The molecule has 1 unspecified atom stereocenters. The molecular formula is C12H19N3O2. The first kappa shape index (κ1) is 11.2. The molecule has 2 aliphatic heterocycles. The fourth-order valence-electron chi connectivity index (χ4n) is 2.67. The number of aliphatic hydroxyl groups is 1. The second-order valence-corrected chi connectivity index (χ2v) is 5.04. The average molecular weight is 237 g/mol. The summed E-state index contributed by atoms with van der Waals surface area (Å²) in [6, 6.07) is 0. The normalized spacial score (nSPS) is 25.8. The quantitative estimate of drug-likeness (QED) is 0.823. The predicted molar refractivity (Wildman–Crippen MR) is 61.7 cm³/mol. The molecule has 1 N–H and O–H groups in total. The summed E-state index contributed by atoms with van der Waals surface area (Å²) < 4.78 is 7.39. The highest BCUT2D eigenvalue weighted by molar-refractivity contribution is 5.03. The molecule has 0 aromatic carbocycles. The Morgan fingerprint density at radius 3 is 2.88 bits per heavy atom. The van der Waals surface area contributed by atoms with Crippen molar-refractivity contribution >= 4 is 0 Å². The van der Waals surface area contributed by atoms with Gasteiger partial charge in [0, 0.05) is 38.7 Å². The summed E-state index contributed by atoms with van der Waals surface area (Å²) in [6.45, 7) is 2.82. The van der Waals surface area contributed by atoms with E-state index in [-0.39, 0.29) is 6.61 Å². The lowest BCUT2D eigenvalue weighted by Crippen LogP contribution is -2.22. The maximum atomic E-state index is 9.20. The summed E-state index contributed by atoms with van der Waals surface area (Å²) in [5.74, 6) is 2.88. The first-order valence-electron chi connectivity index (χ1n) is 6.49. The van der Waals surface area contributed by atoms with Crippen LogP contribution in [0.1, 0.15) is 36.8 Å². The van der Waals surface area contributed by atoms with Crippen molar-refractivity contribution in [3.8, 4) is 0 Å². The van der Waals surface area contributed by atoms with E-state index in [1.54, 1.807) is 0 Å². The van der Waals surface area contributed by atoms with Crippen molar-refractivity contribution in [2.24, 2.45) is 5.92 Å². The summed E-state index contributed by atoms with van der Waals surface area (Å²) in [6.07, 6.45) is 3.95. The van der Waals surface area contributed by atoms with E-state index in [0.717, 1.165) is 57.1 Å². The molecule has 1 aromatic heterocycles. The van der Waals surface area contributed by atoms with Crippen LogP contribution in [0.15, 0.2) is 0 Å². The lowest BCUT2D eigenvalue weighted by molar-refractivity contribution is 0.0835. The van der Waals surface area contributed by atoms with Gasteiger partial charge in [-0.3, -0.25) is 0 Å². The van der Waals surface area contributed by atoms with Gasteiger partial charge in [-0.2, -0.15) is 5.10 Å². The third kappa shape index (κ3) is 2.21. The highest BCUT2D eigenvalue weighted by Crippen LogP contribution is 2.26. The number of nitrogens with zero attached hydrogens (tertiary/aromatic N) is 3. The molecule has 5 heteroatoms. The van der Waals surface area contributed by atoms with E-state index in [2.05, 4.69) is 10.1 Å². The average Bonchev–Trinajstić information content (AvgIpc) is 2.82. The summed E-state index contributed by atoms with van der Waals surface area (Å²) >= 11 is 0. The molecule has 0 bridgehead atoms. The Hall–Kier alpha value is -0.940. The van der Waals surface area contributed by atoms with Gasteiger partial charge in [0.2, 0.25) is 0 Å². The SMILES string of the molecule is OCC1CCn2nc(C3CCOCC3)nc2C1. The number of fused-ring (bicyclic) bond motifs is 1. The van der Waals surface area contributed by atoms with Crippen LogP contribution in [-0.2, 0) is 17.7 Å². The predicted octanol–water partition coefficient (Wildman–Crippen LogP) is 0.727. The van der Waals surface area contributed by atoms with Gasteiger partial charge < -0.3 is 9.84 Å². The minimum absolute atomic E-state index is 0.263. The van der Waals surface area contributed by atoms with E-state index in [4.69, 9.17) is 4.74 Å². The molecule has 3 rings (SSSR count). The van der Waals surface area contributed by atoms with Gasteiger partial charge in [-0.15, -0.1) is 0 Å². The topological polar surface area (TPSA) is 60.2 Å². The molecule has 5 nitrogen and oxygen atoms in total. The Kier molecular flexibility index (Phi) is 3.11. The Labute approximate surface area is 101 Å². The molecule has 3 heterocycles. The second kappa shape index (κ2) is 4.74. The first-order chi connectivity index (χ1) is 8.36. The highest BCUT2D eigenvalue weighted by Gasteiger charge is 2.25. The number of rotatable bonds is 2. The summed E-state index contributed by atoms with van der Waals surface area (Å²) in [7, 11) is 0. The summed E-state index contributed by atoms with van der Waals surface area (Å²) in [5, 5.41) is 13.8. The van der Waals surface area contributed by atoms with Gasteiger partial charge >= 0.3 is 0 Å².